The molecule has 9 aromatic carbocycles. The molecular weight excluding hydrogens is 1330 g/mol. The van der Waals surface area contributed by atoms with Crippen LogP contribution < -0.4 is 36.7 Å². The second kappa shape index (κ2) is 26.9. The number of ether oxygens (including phenoxy) is 3. The standard InChI is InChI=1S/C29H29N5O3.C27H24N2O5S.C27H24N2O3/c30-16-20-5-10-26-23(15-20)29(18-37-26)11-13-33(14-12-29)28(36)21-6-8-22(9-7-21)32-27(35)17-34-19-31-24-3-1-2-4-25(24)34;28-15-17-5-8-22-21(13-17)27(16-34-22)9-11-29(12-10-27)26(31)18-6-7-20-24(14-18)35(32,33)23-4-2-1-3-19(23)25(20)30;28-15-17-5-8-24-23(13-17)27(16-32-24)9-11-29(12-10-27)26(31)18-6-7-20-19-3-1-2-4-21(19)25(30)22(20)14-18/h1-10,15,19H,11-14,16-18,30H2,(H,32,35);1-8,13-14H,9-12,15-16,28H2;1-8,13-14H,9-12,15-16,28H2. The Labute approximate surface area is 601 Å². The van der Waals surface area contributed by atoms with Gasteiger partial charge in [-0.1, -0.05) is 91.0 Å². The second-order valence-electron chi connectivity index (χ2n) is 28.3. The summed E-state index contributed by atoms with van der Waals surface area (Å²) in [7, 11) is -3.90. The maximum atomic E-state index is 13.4. The van der Waals surface area contributed by atoms with Crippen LogP contribution in [0.2, 0.25) is 0 Å². The maximum Gasteiger partial charge on any atom is 0.253 e. The Hall–Kier alpha value is -11.1. The Balaban J connectivity index is 0.000000120. The van der Waals surface area contributed by atoms with Crippen molar-refractivity contribution in [1.82, 2.24) is 24.3 Å². The third-order valence-corrected chi connectivity index (χ3v) is 24.4. The van der Waals surface area contributed by atoms with Crippen molar-refractivity contribution in [3.63, 3.8) is 0 Å². The van der Waals surface area contributed by atoms with Crippen molar-refractivity contribution in [2.75, 3.05) is 64.4 Å². The van der Waals surface area contributed by atoms with Crippen molar-refractivity contribution in [3.8, 4) is 28.4 Å². The lowest BCUT2D eigenvalue weighted by atomic mass is 9.74. The van der Waals surface area contributed by atoms with Crippen molar-refractivity contribution in [1.29, 1.82) is 0 Å². The molecule has 21 heteroatoms. The van der Waals surface area contributed by atoms with Crippen molar-refractivity contribution >= 4 is 61.8 Å². The molecule has 7 aliphatic heterocycles. The number of ketones is 2. The van der Waals surface area contributed by atoms with Crippen molar-refractivity contribution in [2.45, 2.75) is 90.7 Å². The fourth-order valence-electron chi connectivity index (χ4n) is 16.4. The molecule has 104 heavy (non-hydrogen) atoms. The number of nitrogens with two attached hydrogens (primary N) is 3. The highest BCUT2D eigenvalue weighted by atomic mass is 32.2. The number of hydrogen-bond acceptors (Lipinski definition) is 15. The molecule has 3 spiro atoms. The lowest BCUT2D eigenvalue weighted by Crippen LogP contribution is -2.46. The van der Waals surface area contributed by atoms with Gasteiger partial charge in [0.1, 0.15) is 23.8 Å². The number of para-hydroxylation sites is 2. The zero-order chi connectivity index (χ0) is 71.7. The second-order valence-corrected chi connectivity index (χ2v) is 30.2. The van der Waals surface area contributed by atoms with Crippen LogP contribution >= 0.6 is 0 Å². The molecular formula is C83H77N9O11S. The lowest BCUT2D eigenvalue weighted by Gasteiger charge is -2.38. The van der Waals surface area contributed by atoms with E-state index in [1.807, 2.05) is 111 Å². The molecule has 1 aromatic heterocycles. The first-order valence-corrected chi connectivity index (χ1v) is 36.8. The summed E-state index contributed by atoms with van der Waals surface area (Å²) < 4.78 is 46.2. The Bertz CT molecular complexity index is 5280. The lowest BCUT2D eigenvalue weighted by molar-refractivity contribution is -0.116. The number of carbonyl (C=O) groups is 6. The molecule has 20 nitrogen and oxygen atoms in total. The SMILES string of the molecule is NCc1ccc2c(c1)C1(CCN(C(=O)c3ccc(NC(=O)Cn4cnc5ccccc54)cc3)CC1)CO2.NCc1ccc2c(c1)C1(CCN(C(=O)c3ccc4c(c3)C(=O)c3ccccc3-4)CC1)CO2.NCc1ccc2c(c1)C1(CCN(C(=O)c3ccc4c(c3)S(=O)(=O)c3ccccc3C4=O)CC1)CO2. The number of anilines is 1. The first-order chi connectivity index (χ1) is 50.5. The van der Waals surface area contributed by atoms with Crippen molar-refractivity contribution in [3.05, 3.63) is 267 Å². The summed E-state index contributed by atoms with van der Waals surface area (Å²) in [6, 6.07) is 57.0. The number of likely N-dealkylation sites (tertiary alicyclic amines) is 3. The van der Waals surface area contributed by atoms with E-state index in [9.17, 15) is 37.2 Å². The number of nitrogens with one attached hydrogen (secondary N) is 1. The number of hydrogen-bond donors (Lipinski definition) is 4. The number of rotatable bonds is 9. The summed E-state index contributed by atoms with van der Waals surface area (Å²) in [5.41, 5.74) is 31.5. The molecule has 8 aliphatic rings. The smallest absolute Gasteiger partial charge is 0.253 e. The molecule has 526 valence electrons. The summed E-state index contributed by atoms with van der Waals surface area (Å²) in [6.07, 6.45) is 6.59. The molecule has 4 amide bonds. The minimum absolute atomic E-state index is 0.00161. The number of aromatic nitrogens is 2. The van der Waals surface area contributed by atoms with Gasteiger partial charge in [-0.25, -0.2) is 13.4 Å². The topological polar surface area (TPSA) is 282 Å². The number of benzene rings is 9. The van der Waals surface area contributed by atoms with Gasteiger partial charge >= 0.3 is 0 Å². The summed E-state index contributed by atoms with van der Waals surface area (Å²) in [5, 5.41) is 2.91. The van der Waals surface area contributed by atoms with Gasteiger partial charge in [0, 0.05) is 136 Å². The normalized spacial score (nSPS) is 17.5. The van der Waals surface area contributed by atoms with Crippen LogP contribution in [-0.4, -0.2) is 127 Å². The fraction of sp³-hybridized carbons (Fsp3) is 0.265. The van der Waals surface area contributed by atoms with Gasteiger partial charge in [0.05, 0.1) is 47.0 Å². The van der Waals surface area contributed by atoms with Gasteiger partial charge in [-0.3, -0.25) is 28.8 Å². The Morgan fingerprint density at radius 1 is 0.433 bits per heavy atom. The highest BCUT2D eigenvalue weighted by Crippen LogP contribution is 2.50. The Morgan fingerprint density at radius 3 is 1.37 bits per heavy atom. The van der Waals surface area contributed by atoms with Crippen molar-refractivity contribution < 1.29 is 51.4 Å². The fourth-order valence-corrected chi connectivity index (χ4v) is 18.1. The van der Waals surface area contributed by atoms with E-state index in [1.165, 1.54) is 35.4 Å². The van der Waals surface area contributed by atoms with Crippen LogP contribution in [0.4, 0.5) is 5.69 Å². The molecule has 0 saturated carbocycles. The quantitative estimate of drug-likeness (QED) is 0.105. The molecule has 3 fully saturated rings. The minimum atomic E-state index is -3.90. The van der Waals surface area contributed by atoms with Gasteiger partial charge in [0.15, 0.2) is 11.6 Å². The van der Waals surface area contributed by atoms with Gasteiger partial charge in [0.25, 0.3) is 17.7 Å². The third kappa shape index (κ3) is 12.0. The molecule has 1 aliphatic carbocycles. The van der Waals surface area contributed by atoms with Crippen molar-refractivity contribution in [2.24, 2.45) is 17.2 Å². The average molecular weight is 1410 g/mol. The largest absolute Gasteiger partial charge is 0.492 e. The Morgan fingerprint density at radius 2 is 0.846 bits per heavy atom. The highest BCUT2D eigenvalue weighted by molar-refractivity contribution is 7.91. The molecule has 8 heterocycles. The van der Waals surface area contributed by atoms with Crippen LogP contribution in [0.3, 0.4) is 0 Å². The summed E-state index contributed by atoms with van der Waals surface area (Å²) in [5.74, 6) is 2.02. The van der Waals surface area contributed by atoms with Crippen LogP contribution in [0.15, 0.2) is 204 Å². The number of carbonyl (C=O) groups excluding carboxylic acids is 6. The van der Waals surface area contributed by atoms with Gasteiger partial charge in [-0.05, 0) is 163 Å². The van der Waals surface area contributed by atoms with E-state index in [1.54, 1.807) is 59.8 Å². The van der Waals surface area contributed by atoms with E-state index in [4.69, 9.17) is 31.4 Å². The first-order valence-electron chi connectivity index (χ1n) is 35.4. The molecule has 3 saturated heterocycles. The summed E-state index contributed by atoms with van der Waals surface area (Å²) in [4.78, 5) is 88.0. The predicted octanol–water partition coefficient (Wildman–Crippen LogP) is 10.7. The van der Waals surface area contributed by atoms with Gasteiger partial charge in [-0.15, -0.1) is 0 Å². The highest BCUT2D eigenvalue weighted by Gasteiger charge is 2.48. The number of piperidine rings is 3. The number of fused-ring (bicyclic) bond motifs is 12. The van der Waals surface area contributed by atoms with Crippen LogP contribution in [0.1, 0.15) is 135 Å². The van der Waals surface area contributed by atoms with Gasteiger partial charge < -0.3 is 56.0 Å². The van der Waals surface area contributed by atoms with Crippen LogP contribution in [0, 0.1) is 0 Å². The number of nitrogens with zero attached hydrogens (tertiary/aromatic N) is 5. The third-order valence-electron chi connectivity index (χ3n) is 22.5. The van der Waals surface area contributed by atoms with Crippen LogP contribution in [0.25, 0.3) is 22.2 Å². The molecule has 0 unspecified atom stereocenters. The van der Waals surface area contributed by atoms with E-state index in [2.05, 4.69) is 28.5 Å². The van der Waals surface area contributed by atoms with E-state index >= 15 is 0 Å². The first kappa shape index (κ1) is 67.4. The predicted molar refractivity (Wildman–Crippen MR) is 392 cm³/mol. The monoisotopic (exact) mass is 1410 g/mol. The molecule has 0 bridgehead atoms. The zero-order valence-electron chi connectivity index (χ0n) is 57.3. The van der Waals surface area contributed by atoms with Gasteiger partial charge in [0.2, 0.25) is 15.7 Å². The Kier molecular flexibility index (Phi) is 17.5. The van der Waals surface area contributed by atoms with E-state index in [-0.39, 0.29) is 84.5 Å². The number of amides is 4. The average Bonchev–Trinajstić information content (AvgIpc) is 1.03. The number of sulfone groups is 1. The van der Waals surface area contributed by atoms with Crippen LogP contribution in [0.5, 0.6) is 17.2 Å². The molecule has 7 N–H and O–H groups in total. The summed E-state index contributed by atoms with van der Waals surface area (Å²) in [6.45, 7) is 7.26. The molecule has 0 atom stereocenters. The summed E-state index contributed by atoms with van der Waals surface area (Å²) >= 11 is 0. The molecule has 0 radical (unpaired) electrons. The minimum Gasteiger partial charge on any atom is -0.492 e. The number of imidazole rings is 1. The maximum absolute atomic E-state index is 13.4. The van der Waals surface area contributed by atoms with E-state index in [0.29, 0.717) is 107 Å². The van der Waals surface area contributed by atoms with E-state index in [0.717, 1.165) is 100 Å². The molecule has 18 rings (SSSR count). The zero-order valence-corrected chi connectivity index (χ0v) is 58.1. The van der Waals surface area contributed by atoms with Crippen LogP contribution in [-0.2, 0) is 57.1 Å². The van der Waals surface area contributed by atoms with E-state index < -0.39 is 9.84 Å². The van der Waals surface area contributed by atoms with Gasteiger partial charge in [-0.2, -0.15) is 0 Å². The molecule has 10 aromatic rings.